The maximum absolute atomic E-state index is 10.3. The molecule has 0 aliphatic rings. The van der Waals surface area contributed by atoms with Crippen molar-refractivity contribution in [2.45, 2.75) is 6.42 Å². The van der Waals surface area contributed by atoms with Gasteiger partial charge in [0.05, 0.1) is 4.92 Å². The summed E-state index contributed by atoms with van der Waals surface area (Å²) in [6.07, 6.45) is 2.92. The minimum Gasteiger partial charge on any atom is -0.493 e. The van der Waals surface area contributed by atoms with Gasteiger partial charge in [-0.3, -0.25) is 10.1 Å². The zero-order valence-corrected chi connectivity index (χ0v) is 6.80. The minimum absolute atomic E-state index is 0.130. The van der Waals surface area contributed by atoms with E-state index in [1.807, 2.05) is 0 Å². The molecule has 0 atom stereocenters. The number of hydrogen-bond donors (Lipinski definition) is 1. The Balaban J connectivity index is 3.10. The summed E-state index contributed by atoms with van der Waals surface area (Å²) in [4.78, 5) is 13.3. The van der Waals surface area contributed by atoms with Crippen LogP contribution in [0.4, 0.5) is 5.69 Å². The van der Waals surface area contributed by atoms with Crippen molar-refractivity contribution in [1.29, 1.82) is 0 Å². The fourth-order valence-corrected chi connectivity index (χ4v) is 0.896. The number of nitrogens with zero attached hydrogens (tertiary/aromatic N) is 2. The van der Waals surface area contributed by atoms with E-state index < -0.39 is 4.92 Å². The van der Waals surface area contributed by atoms with E-state index in [1.54, 1.807) is 6.08 Å². The zero-order valence-electron chi connectivity index (χ0n) is 6.80. The molecule has 0 aromatic carbocycles. The number of aromatic nitrogens is 1. The van der Waals surface area contributed by atoms with Crippen LogP contribution in [-0.2, 0) is 6.42 Å². The summed E-state index contributed by atoms with van der Waals surface area (Å²) in [5, 5.41) is 19.5. The van der Waals surface area contributed by atoms with Crippen molar-refractivity contribution >= 4 is 5.69 Å². The van der Waals surface area contributed by atoms with Gasteiger partial charge < -0.3 is 5.11 Å². The van der Waals surface area contributed by atoms with E-state index in [-0.39, 0.29) is 11.6 Å². The Bertz CT molecular complexity index is 349. The molecule has 0 fully saturated rings. The van der Waals surface area contributed by atoms with Gasteiger partial charge in [-0.25, -0.2) is 4.98 Å². The zero-order chi connectivity index (χ0) is 9.84. The maximum atomic E-state index is 10.3. The molecule has 0 amide bonds. The number of pyridine rings is 1. The van der Waals surface area contributed by atoms with E-state index in [4.69, 9.17) is 5.11 Å². The lowest BCUT2D eigenvalue weighted by atomic mass is 10.2. The summed E-state index contributed by atoms with van der Waals surface area (Å²) in [5.74, 6) is -0.189. The number of rotatable bonds is 3. The summed E-state index contributed by atoms with van der Waals surface area (Å²) >= 11 is 0. The Hall–Kier alpha value is -1.91. The number of aromatic hydroxyl groups is 1. The lowest BCUT2D eigenvalue weighted by Crippen LogP contribution is -1.92. The van der Waals surface area contributed by atoms with Gasteiger partial charge in [-0.15, -0.1) is 6.58 Å². The van der Waals surface area contributed by atoms with Crippen LogP contribution in [0.3, 0.4) is 0 Å². The Morgan fingerprint density at radius 1 is 1.77 bits per heavy atom. The largest absolute Gasteiger partial charge is 0.493 e. The van der Waals surface area contributed by atoms with E-state index in [1.165, 1.54) is 6.07 Å². The van der Waals surface area contributed by atoms with Crippen LogP contribution in [0, 0.1) is 10.1 Å². The molecule has 0 saturated heterocycles. The molecule has 0 saturated carbocycles. The molecular formula is C8H8N2O3. The molecule has 1 aromatic heterocycles. The number of allylic oxidation sites excluding steroid dienone is 1. The van der Waals surface area contributed by atoms with E-state index in [9.17, 15) is 10.1 Å². The first-order valence-corrected chi connectivity index (χ1v) is 3.58. The highest BCUT2D eigenvalue weighted by Gasteiger charge is 2.09. The topological polar surface area (TPSA) is 76.3 Å². The van der Waals surface area contributed by atoms with Crippen molar-refractivity contribution < 1.29 is 10.0 Å². The summed E-state index contributed by atoms with van der Waals surface area (Å²) in [6, 6.07) is 1.28. The second kappa shape index (κ2) is 3.66. The fraction of sp³-hybridized carbons (Fsp3) is 0.125. The van der Waals surface area contributed by atoms with Gasteiger partial charge in [0.1, 0.15) is 6.20 Å². The third kappa shape index (κ3) is 2.02. The molecule has 68 valence electrons. The van der Waals surface area contributed by atoms with Gasteiger partial charge in [0.25, 0.3) is 5.69 Å². The lowest BCUT2D eigenvalue weighted by Gasteiger charge is -1.98. The van der Waals surface area contributed by atoms with Gasteiger partial charge in [-0.2, -0.15) is 0 Å². The highest BCUT2D eigenvalue weighted by Crippen LogP contribution is 2.19. The lowest BCUT2D eigenvalue weighted by molar-refractivity contribution is -0.385. The molecule has 0 bridgehead atoms. The van der Waals surface area contributed by atoms with Gasteiger partial charge in [-0.05, 0) is 6.42 Å². The van der Waals surface area contributed by atoms with E-state index in [2.05, 4.69) is 11.6 Å². The second-order valence-electron chi connectivity index (χ2n) is 2.43. The molecule has 0 unspecified atom stereocenters. The quantitative estimate of drug-likeness (QED) is 0.433. The first kappa shape index (κ1) is 9.18. The van der Waals surface area contributed by atoms with Gasteiger partial charge in [0.2, 0.25) is 5.88 Å². The Morgan fingerprint density at radius 3 is 3.00 bits per heavy atom. The van der Waals surface area contributed by atoms with Gasteiger partial charge in [0.15, 0.2) is 0 Å². The molecule has 5 heteroatoms. The van der Waals surface area contributed by atoms with E-state index in [0.717, 1.165) is 6.20 Å². The first-order valence-electron chi connectivity index (χ1n) is 3.58. The predicted octanol–water partition coefficient (Wildman–Crippen LogP) is 1.42. The van der Waals surface area contributed by atoms with Crippen LogP contribution >= 0.6 is 0 Å². The molecule has 0 radical (unpaired) electrons. The van der Waals surface area contributed by atoms with Crippen LogP contribution in [0.25, 0.3) is 0 Å². The van der Waals surface area contributed by atoms with E-state index in [0.29, 0.717) is 12.0 Å². The average Bonchev–Trinajstić information content (AvgIpc) is 2.08. The highest BCUT2D eigenvalue weighted by atomic mass is 16.6. The number of nitro groups is 1. The van der Waals surface area contributed by atoms with Crippen molar-refractivity contribution in [2.75, 3.05) is 0 Å². The molecule has 13 heavy (non-hydrogen) atoms. The van der Waals surface area contributed by atoms with Gasteiger partial charge in [0, 0.05) is 11.6 Å². The Labute approximate surface area is 74.5 Å². The highest BCUT2D eigenvalue weighted by molar-refractivity contribution is 5.37. The maximum Gasteiger partial charge on any atom is 0.288 e. The van der Waals surface area contributed by atoms with Crippen LogP contribution < -0.4 is 0 Å². The fourth-order valence-electron chi connectivity index (χ4n) is 0.896. The van der Waals surface area contributed by atoms with Gasteiger partial charge >= 0.3 is 0 Å². The molecule has 0 aliphatic carbocycles. The molecule has 1 rings (SSSR count). The van der Waals surface area contributed by atoms with Crippen molar-refractivity contribution in [3.63, 3.8) is 0 Å². The monoisotopic (exact) mass is 180 g/mol. The molecule has 0 aliphatic heterocycles. The minimum atomic E-state index is -0.557. The van der Waals surface area contributed by atoms with Crippen LogP contribution in [0.2, 0.25) is 0 Å². The average molecular weight is 180 g/mol. The van der Waals surface area contributed by atoms with Gasteiger partial charge in [-0.1, -0.05) is 6.08 Å². The van der Waals surface area contributed by atoms with Crippen molar-refractivity contribution in [2.24, 2.45) is 0 Å². The standard InChI is InChI=1S/C8H8N2O3/c1-2-3-6-4-7(10(12)13)5-9-8(6)11/h2,4-5H,1,3H2,(H,9,11). The SMILES string of the molecule is C=CCc1cc([N+](=O)[O-])cnc1O. The predicted molar refractivity (Wildman–Crippen MR) is 46.5 cm³/mol. The summed E-state index contributed by atoms with van der Waals surface area (Å²) < 4.78 is 0. The first-order chi connectivity index (χ1) is 6.15. The third-order valence-electron chi connectivity index (χ3n) is 1.50. The molecule has 1 aromatic rings. The second-order valence-corrected chi connectivity index (χ2v) is 2.43. The molecule has 1 N–H and O–H groups in total. The number of hydrogen-bond acceptors (Lipinski definition) is 4. The smallest absolute Gasteiger partial charge is 0.288 e. The van der Waals surface area contributed by atoms with Crippen LogP contribution in [0.5, 0.6) is 5.88 Å². The van der Waals surface area contributed by atoms with Crippen LogP contribution in [0.1, 0.15) is 5.56 Å². The van der Waals surface area contributed by atoms with Crippen molar-refractivity contribution in [1.82, 2.24) is 4.98 Å². The van der Waals surface area contributed by atoms with Crippen LogP contribution in [-0.4, -0.2) is 15.0 Å². The Kier molecular flexibility index (Phi) is 2.59. The molecule has 5 nitrogen and oxygen atoms in total. The van der Waals surface area contributed by atoms with Crippen molar-refractivity contribution in [3.8, 4) is 5.88 Å². The summed E-state index contributed by atoms with van der Waals surface area (Å²) in [6.45, 7) is 3.46. The third-order valence-corrected chi connectivity index (χ3v) is 1.50. The summed E-state index contributed by atoms with van der Waals surface area (Å²) in [5.41, 5.74) is 0.277. The van der Waals surface area contributed by atoms with Crippen LogP contribution in [0.15, 0.2) is 24.9 Å². The molecule has 1 heterocycles. The molecular weight excluding hydrogens is 172 g/mol. The Morgan fingerprint density at radius 2 is 2.46 bits per heavy atom. The van der Waals surface area contributed by atoms with E-state index >= 15 is 0 Å². The molecule has 0 spiro atoms. The van der Waals surface area contributed by atoms with Crippen molar-refractivity contribution in [3.05, 3.63) is 40.6 Å². The summed E-state index contributed by atoms with van der Waals surface area (Å²) in [7, 11) is 0. The normalized spacial score (nSPS) is 9.54.